The van der Waals surface area contributed by atoms with Crippen LogP contribution in [0.1, 0.15) is 34.3 Å². The molecule has 1 aromatic rings. The Morgan fingerprint density at radius 1 is 1.22 bits per heavy atom. The number of likely N-dealkylation sites (N-methyl/N-ethyl adjacent to an activating group) is 1. The number of aliphatic hydroxyl groups excluding tert-OH is 2. The van der Waals surface area contributed by atoms with Crippen molar-refractivity contribution in [2.24, 2.45) is 17.6 Å². The summed E-state index contributed by atoms with van der Waals surface area (Å²) in [5.74, 6) is -7.36. The molecular formula is C25H33N3O9. The summed E-state index contributed by atoms with van der Waals surface area (Å²) in [6.45, 7) is -0.502. The third-order valence-corrected chi connectivity index (χ3v) is 7.36. The lowest BCUT2D eigenvalue weighted by atomic mass is 9.59. The molecule has 0 heterocycles. The zero-order chi connectivity index (χ0) is 28.0. The highest BCUT2D eigenvalue weighted by atomic mass is 16.5. The van der Waals surface area contributed by atoms with E-state index in [1.165, 1.54) is 6.07 Å². The molecular weight excluding hydrogens is 486 g/mol. The number of methoxy groups -OCH3 is 1. The number of ketones is 2. The number of benzene rings is 1. The third-order valence-electron chi connectivity index (χ3n) is 7.36. The first kappa shape index (κ1) is 28.1. The van der Waals surface area contributed by atoms with Crippen LogP contribution in [0.2, 0.25) is 0 Å². The lowest BCUT2D eigenvalue weighted by molar-refractivity contribution is -0.163. The van der Waals surface area contributed by atoms with Gasteiger partial charge >= 0.3 is 5.97 Å². The van der Waals surface area contributed by atoms with Crippen LogP contribution in [0.5, 0.6) is 5.75 Å². The number of fused-ring (bicyclic) bond motifs is 2. The minimum Gasteiger partial charge on any atom is -0.507 e. The molecule has 0 saturated heterocycles. The molecule has 6 N–H and O–H groups in total. The largest absolute Gasteiger partial charge is 0.507 e. The fraction of sp³-hybridized carbons (Fsp3) is 0.520. The summed E-state index contributed by atoms with van der Waals surface area (Å²) < 4.78 is 4.74. The zero-order valence-corrected chi connectivity index (χ0v) is 21.4. The summed E-state index contributed by atoms with van der Waals surface area (Å²) in [5.41, 5.74) is 2.61. The minimum absolute atomic E-state index is 0.0125. The Hall–Kier alpha value is -3.48. The highest BCUT2D eigenvalue weighted by Crippen LogP contribution is 2.51. The standard InChI is InChI=1S/C25H33N3O9/c1-27(2)15-8-13(24(35)37-5)21(32)20-12(15)6-11-7-14(16(10-29)28(3)4)25(36,17(30)9-18(26)31)23(34)19(11)22(20)33/h8,11,14,16,29,32-33,36H,6-7,9-10H2,1-5H3,(H2,26,31)/t11-,14-,16?,25+/m0/s1. The number of nitrogens with zero attached hydrogens (tertiary/aromatic N) is 2. The molecule has 3 rings (SSSR count). The van der Waals surface area contributed by atoms with Crippen molar-refractivity contribution in [3.8, 4) is 5.75 Å². The molecule has 2 aliphatic carbocycles. The number of carbonyl (C=O) groups excluding carboxylic acids is 4. The van der Waals surface area contributed by atoms with E-state index in [0.29, 0.717) is 11.3 Å². The number of primary amides is 1. The maximum Gasteiger partial charge on any atom is 0.341 e. The van der Waals surface area contributed by atoms with Crippen LogP contribution >= 0.6 is 0 Å². The second-order valence-corrected chi connectivity index (χ2v) is 9.91. The normalized spacial score (nSPS) is 23.8. The van der Waals surface area contributed by atoms with Crippen LogP contribution in [0, 0.1) is 11.8 Å². The second kappa shape index (κ2) is 10.1. The van der Waals surface area contributed by atoms with Crippen molar-refractivity contribution < 1.29 is 44.3 Å². The van der Waals surface area contributed by atoms with Gasteiger partial charge in [-0.2, -0.15) is 0 Å². The number of hydrogen-bond acceptors (Lipinski definition) is 11. The monoisotopic (exact) mass is 519 g/mol. The van der Waals surface area contributed by atoms with Gasteiger partial charge in [-0.1, -0.05) is 0 Å². The Balaban J connectivity index is 2.32. The number of phenols is 1. The topological polar surface area (TPSA) is 191 Å². The van der Waals surface area contributed by atoms with Crippen LogP contribution in [0.4, 0.5) is 5.69 Å². The average molecular weight is 520 g/mol. The number of phenolic OH excluding ortho intramolecular Hbond substituents is 1. The molecule has 0 bridgehead atoms. The number of aromatic hydroxyl groups is 1. The van der Waals surface area contributed by atoms with Crippen molar-refractivity contribution in [1.29, 1.82) is 0 Å². The Morgan fingerprint density at radius 2 is 1.84 bits per heavy atom. The van der Waals surface area contributed by atoms with Crippen LogP contribution in [-0.4, -0.2) is 102 Å². The van der Waals surface area contributed by atoms with Gasteiger partial charge in [0.25, 0.3) is 0 Å². The highest BCUT2D eigenvalue weighted by Gasteiger charge is 2.60. The van der Waals surface area contributed by atoms with E-state index in [-0.39, 0.29) is 29.5 Å². The smallest absolute Gasteiger partial charge is 0.341 e. The van der Waals surface area contributed by atoms with Gasteiger partial charge in [-0.05, 0) is 44.5 Å². The predicted molar refractivity (Wildman–Crippen MR) is 132 cm³/mol. The van der Waals surface area contributed by atoms with Gasteiger partial charge in [-0.3, -0.25) is 14.4 Å². The van der Waals surface area contributed by atoms with Crippen LogP contribution in [0.25, 0.3) is 5.76 Å². The van der Waals surface area contributed by atoms with Gasteiger partial charge in [-0.15, -0.1) is 0 Å². The molecule has 12 nitrogen and oxygen atoms in total. The van der Waals surface area contributed by atoms with E-state index in [9.17, 15) is 39.6 Å². The summed E-state index contributed by atoms with van der Waals surface area (Å²) in [6.07, 6.45) is -0.825. The van der Waals surface area contributed by atoms with Crippen molar-refractivity contribution in [3.05, 3.63) is 28.3 Å². The number of nitrogens with two attached hydrogens (primary N) is 1. The Morgan fingerprint density at radius 3 is 2.32 bits per heavy atom. The van der Waals surface area contributed by atoms with Crippen molar-refractivity contribution in [3.63, 3.8) is 0 Å². The molecule has 12 heteroatoms. The number of esters is 1. The van der Waals surface area contributed by atoms with Gasteiger partial charge in [0.15, 0.2) is 11.4 Å². The van der Waals surface area contributed by atoms with E-state index < -0.39 is 71.5 Å². The molecule has 1 unspecified atom stereocenters. The summed E-state index contributed by atoms with van der Waals surface area (Å²) >= 11 is 0. The number of amides is 1. The predicted octanol–water partition coefficient (Wildman–Crippen LogP) is -0.627. The second-order valence-electron chi connectivity index (χ2n) is 9.91. The van der Waals surface area contributed by atoms with E-state index in [1.807, 2.05) is 0 Å². The molecule has 202 valence electrons. The molecule has 1 amide bonds. The van der Waals surface area contributed by atoms with E-state index >= 15 is 0 Å². The van der Waals surface area contributed by atoms with Crippen LogP contribution in [0.15, 0.2) is 11.6 Å². The first-order valence-corrected chi connectivity index (χ1v) is 11.7. The molecule has 37 heavy (non-hydrogen) atoms. The number of Topliss-reactive ketones (excluding diaryl/α,β-unsaturated/α-hetero) is 2. The Kier molecular flexibility index (Phi) is 7.68. The molecule has 4 atom stereocenters. The SMILES string of the molecule is COC(=O)c1cc(N(C)C)c2c(c1O)C(O)=C1C(=O)[C@](O)(C(=O)CC(N)=O)[C@H](C(CO)N(C)C)C[C@@H]1C2. The average Bonchev–Trinajstić information content (AvgIpc) is 2.81. The third kappa shape index (κ3) is 4.45. The summed E-state index contributed by atoms with van der Waals surface area (Å²) in [4.78, 5) is 54.1. The van der Waals surface area contributed by atoms with E-state index in [0.717, 1.165) is 7.11 Å². The quantitative estimate of drug-likeness (QED) is 0.217. The van der Waals surface area contributed by atoms with E-state index in [4.69, 9.17) is 10.5 Å². The van der Waals surface area contributed by atoms with Crippen molar-refractivity contribution in [2.45, 2.75) is 30.9 Å². The minimum atomic E-state index is -2.77. The van der Waals surface area contributed by atoms with Crippen molar-refractivity contribution in [2.75, 3.05) is 46.8 Å². The first-order valence-electron chi connectivity index (χ1n) is 11.7. The molecule has 1 saturated carbocycles. The van der Waals surface area contributed by atoms with Crippen LogP contribution < -0.4 is 10.6 Å². The first-order chi connectivity index (χ1) is 17.2. The van der Waals surface area contributed by atoms with Gasteiger partial charge in [-0.25, -0.2) is 4.79 Å². The molecule has 0 aromatic heterocycles. The number of anilines is 1. The molecule has 0 spiro atoms. The summed E-state index contributed by atoms with van der Waals surface area (Å²) in [6, 6.07) is 0.572. The van der Waals surface area contributed by atoms with Gasteiger partial charge in [0, 0.05) is 37.3 Å². The fourth-order valence-electron chi connectivity index (χ4n) is 5.56. The van der Waals surface area contributed by atoms with Gasteiger partial charge in [0.1, 0.15) is 17.1 Å². The molecule has 0 radical (unpaired) electrons. The van der Waals surface area contributed by atoms with Crippen LogP contribution in [-0.2, 0) is 25.5 Å². The van der Waals surface area contributed by atoms with E-state index in [2.05, 4.69) is 0 Å². The summed E-state index contributed by atoms with van der Waals surface area (Å²) in [5, 5.41) is 44.0. The maximum atomic E-state index is 13.9. The number of ether oxygens (including phenoxy) is 1. The number of rotatable bonds is 8. The lowest BCUT2D eigenvalue weighted by Crippen LogP contribution is -2.64. The molecule has 2 aliphatic rings. The maximum absolute atomic E-state index is 13.9. The van der Waals surface area contributed by atoms with Gasteiger partial charge in [0.05, 0.1) is 25.7 Å². The number of hydrogen-bond donors (Lipinski definition) is 5. The molecule has 1 fully saturated rings. The number of aliphatic hydroxyl groups is 3. The number of carbonyl (C=O) groups is 4. The Bertz CT molecular complexity index is 1190. The highest BCUT2D eigenvalue weighted by molar-refractivity contribution is 6.23. The molecule has 1 aromatic carbocycles. The van der Waals surface area contributed by atoms with Gasteiger partial charge in [0.2, 0.25) is 11.7 Å². The van der Waals surface area contributed by atoms with Crippen molar-refractivity contribution >= 4 is 34.9 Å². The van der Waals surface area contributed by atoms with Crippen molar-refractivity contribution in [1.82, 2.24) is 4.90 Å². The lowest BCUT2D eigenvalue weighted by Gasteiger charge is -2.47. The summed E-state index contributed by atoms with van der Waals surface area (Å²) in [7, 11) is 7.75. The van der Waals surface area contributed by atoms with Crippen LogP contribution in [0.3, 0.4) is 0 Å². The fourth-order valence-corrected chi connectivity index (χ4v) is 5.56. The Labute approximate surface area is 213 Å². The zero-order valence-electron chi connectivity index (χ0n) is 21.4. The van der Waals surface area contributed by atoms with E-state index in [1.54, 1.807) is 38.0 Å². The van der Waals surface area contributed by atoms with Gasteiger partial charge < -0.3 is 40.7 Å². The molecule has 0 aliphatic heterocycles.